The summed E-state index contributed by atoms with van der Waals surface area (Å²) in [6.07, 6.45) is 5.12. The Kier molecular flexibility index (Phi) is 8.50. The highest BCUT2D eigenvalue weighted by Crippen LogP contribution is 2.41. The molecule has 3 heterocycles. The average molecular weight is 529 g/mol. The lowest BCUT2D eigenvalue weighted by Gasteiger charge is -2.28. The molecular weight excluding hydrogens is 499 g/mol. The summed E-state index contributed by atoms with van der Waals surface area (Å²) >= 11 is 6.33. The van der Waals surface area contributed by atoms with Gasteiger partial charge in [-0.1, -0.05) is 11.6 Å². The van der Waals surface area contributed by atoms with Crippen LogP contribution < -0.4 is 0 Å². The highest BCUT2D eigenvalue weighted by atomic mass is 35.5. The molecule has 5 rings (SSSR count). The highest BCUT2D eigenvalue weighted by molar-refractivity contribution is 6.30. The van der Waals surface area contributed by atoms with E-state index in [1.807, 2.05) is 42.1 Å². The number of nitrogens with zero attached hydrogens (tertiary/aromatic N) is 6. The van der Waals surface area contributed by atoms with Gasteiger partial charge in [-0.2, -0.15) is 0 Å². The third-order valence-electron chi connectivity index (χ3n) is 6.80. The van der Waals surface area contributed by atoms with Crippen LogP contribution in [-0.4, -0.2) is 67.7 Å². The van der Waals surface area contributed by atoms with Crippen molar-refractivity contribution in [2.75, 3.05) is 20.6 Å². The first kappa shape index (κ1) is 26.7. The molecule has 0 radical (unpaired) electrons. The van der Waals surface area contributed by atoms with Crippen LogP contribution in [0.5, 0.6) is 0 Å². The normalized spacial score (nSPS) is 18.8. The number of fused-ring (bicyclic) bond motifs is 3. The minimum atomic E-state index is -0.250. The fraction of sp³-hybridized carbons (Fsp3) is 0.423. The molecule has 2 aromatic heterocycles. The van der Waals surface area contributed by atoms with Gasteiger partial charge < -0.3 is 14.9 Å². The highest BCUT2D eigenvalue weighted by Gasteiger charge is 2.32. The van der Waals surface area contributed by atoms with Crippen LogP contribution in [0.25, 0.3) is 5.69 Å². The van der Waals surface area contributed by atoms with Gasteiger partial charge in [0, 0.05) is 29.6 Å². The number of carboxylic acid groups (broad SMARTS) is 1. The van der Waals surface area contributed by atoms with Crippen molar-refractivity contribution in [2.24, 2.45) is 0 Å². The van der Waals surface area contributed by atoms with Crippen molar-refractivity contribution >= 4 is 24.0 Å². The lowest BCUT2D eigenvalue weighted by Crippen LogP contribution is -2.36. The summed E-state index contributed by atoms with van der Waals surface area (Å²) < 4.78 is 16.4. The summed E-state index contributed by atoms with van der Waals surface area (Å²) in [5, 5.41) is 16.6. The molecule has 1 aliphatic heterocycles. The molecule has 1 aromatic carbocycles. The van der Waals surface area contributed by atoms with E-state index < -0.39 is 0 Å². The van der Waals surface area contributed by atoms with Gasteiger partial charge in [0.15, 0.2) is 5.82 Å². The van der Waals surface area contributed by atoms with Crippen molar-refractivity contribution in [1.82, 2.24) is 29.5 Å². The first-order valence-corrected chi connectivity index (χ1v) is 12.5. The van der Waals surface area contributed by atoms with Gasteiger partial charge in [0.25, 0.3) is 6.47 Å². The van der Waals surface area contributed by atoms with Gasteiger partial charge in [0.05, 0.1) is 24.5 Å². The number of amides is 1. The molecule has 0 spiro atoms. The van der Waals surface area contributed by atoms with Gasteiger partial charge >= 0.3 is 0 Å². The Balaban J connectivity index is 0.00000102. The molecule has 11 heteroatoms. The van der Waals surface area contributed by atoms with Crippen LogP contribution in [0.3, 0.4) is 0 Å². The average Bonchev–Trinajstić information content (AvgIpc) is 3.20. The van der Waals surface area contributed by atoms with Gasteiger partial charge in [0.2, 0.25) is 5.91 Å². The smallest absolute Gasteiger partial charge is 0.290 e. The van der Waals surface area contributed by atoms with Crippen LogP contribution in [0.1, 0.15) is 60.4 Å². The van der Waals surface area contributed by atoms with Crippen LogP contribution in [0.4, 0.5) is 4.39 Å². The summed E-state index contributed by atoms with van der Waals surface area (Å²) in [6, 6.07) is 8.89. The number of carbonyl (C=O) groups excluding carboxylic acids is 1. The van der Waals surface area contributed by atoms with Crippen LogP contribution >= 0.6 is 11.6 Å². The first-order chi connectivity index (χ1) is 17.8. The van der Waals surface area contributed by atoms with E-state index in [-0.39, 0.29) is 30.0 Å². The maximum Gasteiger partial charge on any atom is 0.290 e. The zero-order valence-electron chi connectivity index (χ0n) is 20.8. The number of benzene rings is 1. The molecule has 37 heavy (non-hydrogen) atoms. The summed E-state index contributed by atoms with van der Waals surface area (Å²) in [6.45, 7) is 0.933. The summed E-state index contributed by atoms with van der Waals surface area (Å²) in [5.41, 5.74) is 2.51. The third kappa shape index (κ3) is 5.97. The predicted molar refractivity (Wildman–Crippen MR) is 136 cm³/mol. The topological polar surface area (TPSA) is 104 Å². The predicted octanol–water partition coefficient (Wildman–Crippen LogP) is 4.00. The van der Waals surface area contributed by atoms with Crippen LogP contribution in [0.2, 0.25) is 5.02 Å². The zero-order chi connectivity index (χ0) is 26.5. The Morgan fingerprint density at radius 2 is 1.86 bits per heavy atom. The Morgan fingerprint density at radius 1 is 1.16 bits per heavy atom. The SMILES string of the molecule is CN(C)CC(=O)N1Cc2cc(Cl)ccc2-n2c(nnc2C2CCC(c3ncccc3F)CC2)C1.O=CO. The van der Waals surface area contributed by atoms with E-state index in [0.717, 1.165) is 48.6 Å². The van der Waals surface area contributed by atoms with E-state index in [9.17, 15) is 9.18 Å². The minimum absolute atomic E-state index is 0.0341. The molecule has 0 unspecified atom stereocenters. The summed E-state index contributed by atoms with van der Waals surface area (Å²) in [4.78, 5) is 29.3. The van der Waals surface area contributed by atoms with Gasteiger partial charge in [-0.3, -0.25) is 19.1 Å². The largest absolute Gasteiger partial charge is 0.483 e. The van der Waals surface area contributed by atoms with E-state index in [2.05, 4.69) is 19.7 Å². The first-order valence-electron chi connectivity index (χ1n) is 12.2. The monoisotopic (exact) mass is 528 g/mol. The third-order valence-corrected chi connectivity index (χ3v) is 7.04. The second kappa shape index (κ2) is 11.8. The Hall–Kier alpha value is -3.37. The molecule has 9 nitrogen and oxygen atoms in total. The second-order valence-electron chi connectivity index (χ2n) is 9.59. The van der Waals surface area contributed by atoms with Gasteiger partial charge in [0.1, 0.15) is 11.6 Å². The summed E-state index contributed by atoms with van der Waals surface area (Å²) in [5.74, 6) is 1.79. The van der Waals surface area contributed by atoms with Crippen LogP contribution in [0.15, 0.2) is 36.5 Å². The van der Waals surface area contributed by atoms with Crippen molar-refractivity contribution in [1.29, 1.82) is 0 Å². The second-order valence-corrected chi connectivity index (χ2v) is 10.0. The molecule has 1 saturated carbocycles. The molecule has 1 aliphatic carbocycles. The lowest BCUT2D eigenvalue weighted by atomic mass is 9.79. The number of likely N-dealkylation sites (N-methyl/N-ethyl adjacent to an activating group) is 1. The standard InChI is InChI=1S/C25H28ClFN6O.CH2O2/c1-31(2)15-23(34)32-13-18-12-19(26)9-10-21(18)33-22(14-32)29-30-25(33)17-7-5-16(6-8-17)24-20(27)4-3-11-28-24;2-1-3/h3-4,9-12,16-17H,5-8,13-15H2,1-2H3;1H,(H,2,3). The van der Waals surface area contributed by atoms with Gasteiger partial charge in [-0.05, 0) is 75.7 Å². The fourth-order valence-corrected chi connectivity index (χ4v) is 5.36. The number of pyridine rings is 1. The molecular formula is C26H30ClFN6O3. The quantitative estimate of drug-likeness (QED) is 0.510. The molecule has 1 fully saturated rings. The van der Waals surface area contributed by atoms with E-state index in [1.165, 1.54) is 6.07 Å². The molecule has 3 aromatic rings. The molecule has 2 aliphatic rings. The molecule has 196 valence electrons. The van der Waals surface area contributed by atoms with Crippen molar-refractivity contribution in [3.63, 3.8) is 0 Å². The fourth-order valence-electron chi connectivity index (χ4n) is 5.16. The maximum absolute atomic E-state index is 14.3. The van der Waals surface area contributed by atoms with Gasteiger partial charge in [-0.15, -0.1) is 10.2 Å². The Morgan fingerprint density at radius 3 is 2.54 bits per heavy atom. The molecule has 0 bridgehead atoms. The van der Waals surface area contributed by atoms with E-state index >= 15 is 0 Å². The Labute approximate surface area is 219 Å². The van der Waals surface area contributed by atoms with Crippen molar-refractivity contribution in [2.45, 2.75) is 50.6 Å². The number of aromatic nitrogens is 4. The molecule has 1 N–H and O–H groups in total. The molecule has 1 amide bonds. The van der Waals surface area contributed by atoms with Crippen LogP contribution in [-0.2, 0) is 22.7 Å². The maximum atomic E-state index is 14.3. The number of carbonyl (C=O) groups is 2. The van der Waals surface area contributed by atoms with Crippen LogP contribution in [0, 0.1) is 5.82 Å². The van der Waals surface area contributed by atoms with Gasteiger partial charge in [-0.25, -0.2) is 4.39 Å². The van der Waals surface area contributed by atoms with Crippen molar-refractivity contribution in [3.8, 4) is 5.69 Å². The number of hydrogen-bond acceptors (Lipinski definition) is 6. The van der Waals surface area contributed by atoms with E-state index in [0.29, 0.717) is 30.4 Å². The lowest BCUT2D eigenvalue weighted by molar-refractivity contribution is -0.133. The molecule has 0 saturated heterocycles. The Bertz CT molecular complexity index is 1260. The number of halogens is 2. The number of rotatable bonds is 4. The van der Waals surface area contributed by atoms with Crippen molar-refractivity contribution in [3.05, 3.63) is 70.3 Å². The van der Waals surface area contributed by atoms with E-state index in [4.69, 9.17) is 21.5 Å². The van der Waals surface area contributed by atoms with E-state index in [1.54, 1.807) is 12.3 Å². The zero-order valence-corrected chi connectivity index (χ0v) is 21.6. The molecule has 0 atom stereocenters. The summed E-state index contributed by atoms with van der Waals surface area (Å²) in [7, 11) is 3.77. The van der Waals surface area contributed by atoms with Crippen molar-refractivity contribution < 1.29 is 19.1 Å². The minimum Gasteiger partial charge on any atom is -0.483 e. The number of hydrogen-bond donors (Lipinski definition) is 1.